The fourth-order valence-electron chi connectivity index (χ4n) is 1.47. The molecule has 0 aliphatic rings. The molecule has 0 N–H and O–H groups in total. The van der Waals surface area contributed by atoms with Gasteiger partial charge in [0.2, 0.25) is 0 Å². The molecule has 1 unspecified atom stereocenters. The van der Waals surface area contributed by atoms with Crippen LogP contribution in [0.5, 0.6) is 0 Å². The van der Waals surface area contributed by atoms with Gasteiger partial charge in [0.05, 0.1) is 0 Å². The van der Waals surface area contributed by atoms with Gasteiger partial charge in [-0.05, 0) is 17.8 Å². The van der Waals surface area contributed by atoms with Crippen LogP contribution in [0, 0.1) is 17.8 Å². The van der Waals surface area contributed by atoms with Gasteiger partial charge >= 0.3 is 0 Å². The number of rotatable bonds is 4. The second-order valence-corrected chi connectivity index (χ2v) is 3.44. The first-order chi connectivity index (χ1) is 4.63. The minimum absolute atomic E-state index is 0.815. The third-order valence-corrected chi connectivity index (χ3v) is 2.67. The van der Waals surface area contributed by atoms with E-state index in [1.165, 1.54) is 12.8 Å². The Balaban J connectivity index is 3.76. The number of hydrogen-bond donors (Lipinski definition) is 0. The Morgan fingerprint density at radius 3 is 1.60 bits per heavy atom. The fourth-order valence-corrected chi connectivity index (χ4v) is 1.47. The summed E-state index contributed by atoms with van der Waals surface area (Å²) in [5.74, 6) is 3.30. The van der Waals surface area contributed by atoms with Crippen molar-refractivity contribution in [1.29, 1.82) is 0 Å². The molecule has 0 rings (SSSR count). The molecule has 0 nitrogen and oxygen atoms in total. The smallest absolute Gasteiger partial charge is 0.0272 e. The molecule has 0 saturated heterocycles. The van der Waals surface area contributed by atoms with Crippen molar-refractivity contribution in [3.63, 3.8) is 0 Å². The van der Waals surface area contributed by atoms with E-state index >= 15 is 0 Å². The Labute approximate surface area is 66.0 Å². The van der Waals surface area contributed by atoms with E-state index in [1.807, 2.05) is 0 Å². The van der Waals surface area contributed by atoms with Crippen LogP contribution in [-0.2, 0) is 0 Å². The molecule has 0 fully saturated rings. The zero-order valence-corrected chi connectivity index (χ0v) is 8.07. The molecule has 0 aliphatic heterocycles. The molecule has 1 atom stereocenters. The van der Waals surface area contributed by atoms with Crippen molar-refractivity contribution >= 4 is 0 Å². The molecule has 0 heterocycles. The summed E-state index contributed by atoms with van der Waals surface area (Å²) in [5.41, 5.74) is 0. The maximum Gasteiger partial charge on any atom is -0.0272 e. The molecular weight excluding hydrogens is 120 g/mol. The Bertz CT molecular complexity index is 70.1. The van der Waals surface area contributed by atoms with Gasteiger partial charge in [0.1, 0.15) is 0 Å². The van der Waals surface area contributed by atoms with E-state index in [9.17, 15) is 0 Å². The lowest BCUT2D eigenvalue weighted by Crippen LogP contribution is -2.14. The van der Waals surface area contributed by atoms with E-state index in [1.54, 1.807) is 5.92 Å². The highest BCUT2D eigenvalue weighted by atomic mass is 14.2. The minimum Gasteiger partial charge on any atom is -0.0651 e. The van der Waals surface area contributed by atoms with Crippen molar-refractivity contribution in [2.45, 2.75) is 47.5 Å². The first-order valence-corrected chi connectivity index (χ1v) is 4.43. The van der Waals surface area contributed by atoms with Crippen LogP contribution in [0.15, 0.2) is 0 Å². The molecule has 0 spiro atoms. The Morgan fingerprint density at radius 1 is 1.10 bits per heavy atom. The van der Waals surface area contributed by atoms with Gasteiger partial charge in [-0.3, -0.25) is 0 Å². The van der Waals surface area contributed by atoms with Gasteiger partial charge in [0.15, 0.2) is 0 Å². The molecule has 0 heteroatoms. The van der Waals surface area contributed by atoms with Crippen LogP contribution in [0.2, 0.25) is 0 Å². The summed E-state index contributed by atoms with van der Waals surface area (Å²) >= 11 is 0. The monoisotopic (exact) mass is 141 g/mol. The summed E-state index contributed by atoms with van der Waals surface area (Å²) in [6, 6.07) is 0. The highest BCUT2D eigenvalue weighted by Crippen LogP contribution is 2.26. The molecule has 1 radical (unpaired) electrons. The van der Waals surface area contributed by atoms with Gasteiger partial charge in [-0.2, -0.15) is 0 Å². The molecule has 61 valence electrons. The Morgan fingerprint density at radius 2 is 1.50 bits per heavy atom. The summed E-state index contributed by atoms with van der Waals surface area (Å²) in [6.45, 7) is 11.4. The van der Waals surface area contributed by atoms with E-state index < -0.39 is 0 Å². The van der Waals surface area contributed by atoms with Crippen molar-refractivity contribution < 1.29 is 0 Å². The van der Waals surface area contributed by atoms with Crippen LogP contribution in [0.4, 0.5) is 0 Å². The third kappa shape index (κ3) is 2.72. The zero-order valence-electron chi connectivity index (χ0n) is 8.07. The van der Waals surface area contributed by atoms with E-state index in [-0.39, 0.29) is 0 Å². The summed E-state index contributed by atoms with van der Waals surface area (Å²) in [5, 5.41) is 0. The van der Waals surface area contributed by atoms with Gasteiger partial charge in [-0.25, -0.2) is 0 Å². The van der Waals surface area contributed by atoms with Gasteiger partial charge in [-0.15, -0.1) is 0 Å². The van der Waals surface area contributed by atoms with Crippen LogP contribution in [0.3, 0.4) is 0 Å². The second kappa shape index (κ2) is 4.76. The van der Waals surface area contributed by atoms with E-state index in [4.69, 9.17) is 0 Å². The standard InChI is InChI=1S/C10H21/c1-6-10(7-2)9(5)8(3)4/h9-10H,6-7H2,1-5H3. The second-order valence-electron chi connectivity index (χ2n) is 3.44. The summed E-state index contributed by atoms with van der Waals surface area (Å²) < 4.78 is 0. The molecule has 10 heavy (non-hydrogen) atoms. The topological polar surface area (TPSA) is 0 Å². The molecule has 0 saturated carbocycles. The maximum absolute atomic E-state index is 2.34. The van der Waals surface area contributed by atoms with Gasteiger partial charge in [0, 0.05) is 0 Å². The van der Waals surface area contributed by atoms with Crippen LogP contribution in [0.1, 0.15) is 47.5 Å². The van der Waals surface area contributed by atoms with Crippen LogP contribution in [0.25, 0.3) is 0 Å². The van der Waals surface area contributed by atoms with Crippen LogP contribution < -0.4 is 0 Å². The molecule has 0 aromatic rings. The molecule has 0 bridgehead atoms. The summed E-state index contributed by atoms with van der Waals surface area (Å²) in [4.78, 5) is 0. The molecule has 0 aromatic heterocycles. The van der Waals surface area contributed by atoms with E-state index in [2.05, 4.69) is 34.6 Å². The molecule has 0 aliphatic carbocycles. The largest absolute Gasteiger partial charge is 0.0651 e. The van der Waals surface area contributed by atoms with Crippen molar-refractivity contribution in [1.82, 2.24) is 0 Å². The third-order valence-electron chi connectivity index (χ3n) is 2.67. The molecule has 0 aromatic carbocycles. The highest BCUT2D eigenvalue weighted by molar-refractivity contribution is 4.87. The first kappa shape index (κ1) is 10.0. The van der Waals surface area contributed by atoms with Crippen molar-refractivity contribution in [2.75, 3.05) is 0 Å². The predicted octanol–water partition coefficient (Wildman–Crippen LogP) is 3.67. The van der Waals surface area contributed by atoms with Crippen molar-refractivity contribution in [2.24, 2.45) is 11.8 Å². The average Bonchev–Trinajstić information content (AvgIpc) is 1.90. The Kier molecular flexibility index (Phi) is 4.76. The summed E-state index contributed by atoms with van der Waals surface area (Å²) in [6.07, 6.45) is 2.64. The number of hydrogen-bond acceptors (Lipinski definition) is 0. The minimum atomic E-state index is 0.815. The van der Waals surface area contributed by atoms with Crippen LogP contribution >= 0.6 is 0 Å². The van der Waals surface area contributed by atoms with E-state index in [0.717, 1.165) is 11.8 Å². The lowest BCUT2D eigenvalue weighted by atomic mass is 9.82. The zero-order chi connectivity index (χ0) is 8.15. The normalized spacial score (nSPS) is 14.7. The van der Waals surface area contributed by atoms with E-state index in [0.29, 0.717) is 0 Å². The highest BCUT2D eigenvalue weighted by Gasteiger charge is 2.16. The Hall–Kier alpha value is 0. The molecule has 0 amide bonds. The van der Waals surface area contributed by atoms with Crippen LogP contribution in [-0.4, -0.2) is 0 Å². The molecular formula is C10H21. The SMILES string of the molecule is CCC(CC)C(C)[C](C)C. The van der Waals surface area contributed by atoms with Crippen molar-refractivity contribution in [3.8, 4) is 0 Å². The van der Waals surface area contributed by atoms with Gasteiger partial charge < -0.3 is 0 Å². The van der Waals surface area contributed by atoms with Gasteiger partial charge in [0.25, 0.3) is 0 Å². The predicted molar refractivity (Wildman–Crippen MR) is 47.8 cm³/mol. The quantitative estimate of drug-likeness (QED) is 0.560. The lowest BCUT2D eigenvalue weighted by Gasteiger charge is -2.23. The fraction of sp³-hybridized carbons (Fsp3) is 0.900. The summed E-state index contributed by atoms with van der Waals surface area (Å²) in [7, 11) is 0. The first-order valence-electron chi connectivity index (χ1n) is 4.43. The van der Waals surface area contributed by atoms with Gasteiger partial charge in [-0.1, -0.05) is 47.5 Å². The lowest BCUT2D eigenvalue weighted by molar-refractivity contribution is 0.350. The van der Waals surface area contributed by atoms with Crippen molar-refractivity contribution in [3.05, 3.63) is 5.92 Å². The maximum atomic E-state index is 2.34. The average molecular weight is 141 g/mol.